The zero-order chi connectivity index (χ0) is 35.3. The predicted molar refractivity (Wildman–Crippen MR) is 183 cm³/mol. The van der Waals surface area contributed by atoms with Crippen LogP contribution in [0.1, 0.15) is 91.2 Å². The largest absolute Gasteiger partial charge is 0.455 e. The van der Waals surface area contributed by atoms with Crippen molar-refractivity contribution in [2.75, 3.05) is 26.2 Å². The molecule has 3 amide bonds. The van der Waals surface area contributed by atoms with Gasteiger partial charge in [-0.15, -0.1) is 13.2 Å². The molecule has 264 valence electrons. The first kappa shape index (κ1) is 37.3. The molecule has 10 nitrogen and oxygen atoms in total. The second kappa shape index (κ2) is 15.4. The topological polar surface area (TPSA) is 125 Å². The van der Waals surface area contributed by atoms with E-state index in [9.17, 15) is 24.3 Å². The van der Waals surface area contributed by atoms with E-state index >= 15 is 0 Å². The molecule has 0 radical (unpaired) electrons. The van der Waals surface area contributed by atoms with Crippen LogP contribution in [-0.2, 0) is 28.7 Å². The van der Waals surface area contributed by atoms with Gasteiger partial charge in [0, 0.05) is 31.7 Å². The molecule has 48 heavy (non-hydrogen) atoms. The maximum Gasteiger partial charge on any atom is 0.313 e. The fourth-order valence-corrected chi connectivity index (χ4v) is 8.28. The lowest BCUT2D eigenvalue weighted by molar-refractivity contribution is -0.160. The number of hydrogen-bond acceptors (Lipinski definition) is 7. The fraction of sp³-hybridized carbons (Fsp3) is 0.632. The number of allylic oxidation sites excluding steroid dienone is 1. The van der Waals surface area contributed by atoms with Gasteiger partial charge in [-0.1, -0.05) is 63.3 Å². The molecule has 3 heterocycles. The van der Waals surface area contributed by atoms with E-state index in [2.05, 4.69) is 39.2 Å². The number of carbonyl (C=O) groups is 4. The molecule has 3 aliphatic rings. The number of esters is 1. The molecule has 1 spiro atoms. The van der Waals surface area contributed by atoms with Gasteiger partial charge in [-0.3, -0.25) is 19.2 Å². The lowest BCUT2D eigenvalue weighted by atomic mass is 9.70. The molecule has 3 aliphatic heterocycles. The molecule has 2 N–H and O–H groups in total. The van der Waals surface area contributed by atoms with Crippen LogP contribution in [-0.4, -0.2) is 88.1 Å². The number of benzene rings is 1. The van der Waals surface area contributed by atoms with Crippen LogP contribution in [0.15, 0.2) is 55.6 Å². The molecule has 1 aromatic rings. The van der Waals surface area contributed by atoms with E-state index in [0.29, 0.717) is 50.6 Å². The average molecular weight is 666 g/mol. The van der Waals surface area contributed by atoms with Gasteiger partial charge in [0.25, 0.3) is 0 Å². The third kappa shape index (κ3) is 7.86. The highest BCUT2D eigenvalue weighted by Crippen LogP contribution is 2.59. The Hall–Kier alpha value is -3.50. The van der Waals surface area contributed by atoms with E-state index in [1.807, 2.05) is 49.1 Å². The van der Waals surface area contributed by atoms with Crippen molar-refractivity contribution >= 4 is 23.7 Å². The van der Waals surface area contributed by atoms with Crippen LogP contribution in [0.5, 0.6) is 0 Å². The van der Waals surface area contributed by atoms with Crippen LogP contribution in [0, 0.1) is 17.3 Å². The Bertz CT molecular complexity index is 1340. The summed E-state index contributed by atoms with van der Waals surface area (Å²) in [5, 5.41) is 12.4. The van der Waals surface area contributed by atoms with E-state index < -0.39 is 47.2 Å². The monoisotopic (exact) mass is 665 g/mol. The molecule has 3 fully saturated rings. The van der Waals surface area contributed by atoms with Gasteiger partial charge in [-0.2, -0.15) is 0 Å². The molecular formula is C38H55N3O7. The highest BCUT2D eigenvalue weighted by atomic mass is 16.6. The van der Waals surface area contributed by atoms with Crippen LogP contribution in [0.4, 0.5) is 0 Å². The van der Waals surface area contributed by atoms with Crippen molar-refractivity contribution in [3.63, 3.8) is 0 Å². The summed E-state index contributed by atoms with van der Waals surface area (Å²) in [5.74, 6) is -3.06. The number of aliphatic hydroxyl groups is 1. The van der Waals surface area contributed by atoms with E-state index in [0.717, 1.165) is 0 Å². The van der Waals surface area contributed by atoms with Crippen LogP contribution < -0.4 is 5.32 Å². The van der Waals surface area contributed by atoms with Gasteiger partial charge in [0.1, 0.15) is 17.7 Å². The van der Waals surface area contributed by atoms with Crippen molar-refractivity contribution < 1.29 is 33.8 Å². The lowest BCUT2D eigenvalue weighted by Gasteiger charge is -2.45. The summed E-state index contributed by atoms with van der Waals surface area (Å²) >= 11 is 0. The number of likely N-dealkylation sites (tertiary alicyclic amines) is 1. The third-order valence-corrected chi connectivity index (χ3v) is 9.87. The molecule has 0 saturated carbocycles. The number of ether oxygens (including phenoxy) is 2. The number of amides is 3. The van der Waals surface area contributed by atoms with Gasteiger partial charge in [0.15, 0.2) is 0 Å². The standard InChI is InChI=1S/C38H55N3O7/c1-8-10-18-29(43)39-24-28(26-16-12-11-13-17-26)47-35(46)30-27-19-20-38(48-27)31(30)33(44)40(22-14-15-23-42)32(38)34(45)41(21-9-2)37(6,7)25-36(3,4)5/h8-9,11-13,16-17,27-28,30-32,42H,1-2,10,14-15,18-25H2,3-7H3,(H,39,43)/t27-,28+,30+,31+,32-,38+/m1/s1. The maximum absolute atomic E-state index is 14.8. The number of unbranched alkanes of at least 4 members (excludes halogenated alkanes) is 1. The van der Waals surface area contributed by atoms with Gasteiger partial charge in [0.05, 0.1) is 24.5 Å². The fourth-order valence-electron chi connectivity index (χ4n) is 8.28. The number of nitrogens with one attached hydrogen (secondary N) is 1. The van der Waals surface area contributed by atoms with Crippen molar-refractivity contribution in [3.05, 3.63) is 61.2 Å². The van der Waals surface area contributed by atoms with Crippen molar-refractivity contribution in [2.24, 2.45) is 17.3 Å². The number of hydrogen-bond donors (Lipinski definition) is 2. The summed E-state index contributed by atoms with van der Waals surface area (Å²) in [7, 11) is 0. The average Bonchev–Trinajstić information content (AvgIpc) is 3.67. The SMILES string of the molecule is C=CCCC(=O)NC[C@H](OC(=O)[C@@H]1[C@H]2C(=O)N(CCCCO)[C@H](C(=O)N(CC=C)C(C)(C)CC(C)(C)C)[C@]23CC[C@H]1O3)c1ccccc1. The smallest absolute Gasteiger partial charge is 0.313 e. The predicted octanol–water partition coefficient (Wildman–Crippen LogP) is 4.73. The number of fused-ring (bicyclic) bond motifs is 1. The Morgan fingerprint density at radius 2 is 1.85 bits per heavy atom. The summed E-state index contributed by atoms with van der Waals surface area (Å²) in [6, 6.07) is 8.27. The summed E-state index contributed by atoms with van der Waals surface area (Å²) in [6.45, 7) is 18.7. The molecule has 10 heteroatoms. The molecular weight excluding hydrogens is 610 g/mol. The summed E-state index contributed by atoms with van der Waals surface area (Å²) < 4.78 is 12.8. The molecule has 0 unspecified atom stereocenters. The van der Waals surface area contributed by atoms with E-state index in [1.165, 1.54) is 0 Å². The van der Waals surface area contributed by atoms with Crippen LogP contribution in [0.2, 0.25) is 0 Å². The Labute approximate surface area is 285 Å². The van der Waals surface area contributed by atoms with Crippen LogP contribution >= 0.6 is 0 Å². The minimum Gasteiger partial charge on any atom is -0.455 e. The molecule has 0 aliphatic carbocycles. The molecule has 2 bridgehead atoms. The van der Waals surface area contributed by atoms with Crippen molar-refractivity contribution in [2.45, 2.75) is 109 Å². The number of rotatable bonds is 17. The van der Waals surface area contributed by atoms with Crippen LogP contribution in [0.25, 0.3) is 0 Å². The first-order valence-corrected chi connectivity index (χ1v) is 17.4. The minimum atomic E-state index is -1.18. The lowest BCUT2D eigenvalue weighted by Crippen LogP contribution is -2.61. The van der Waals surface area contributed by atoms with E-state index in [-0.39, 0.29) is 49.3 Å². The van der Waals surface area contributed by atoms with Gasteiger partial charge >= 0.3 is 5.97 Å². The van der Waals surface area contributed by atoms with Crippen molar-refractivity contribution in [3.8, 4) is 0 Å². The van der Waals surface area contributed by atoms with E-state index in [4.69, 9.17) is 9.47 Å². The summed E-state index contributed by atoms with van der Waals surface area (Å²) in [6.07, 6.45) is 5.49. The quantitative estimate of drug-likeness (QED) is 0.140. The number of nitrogens with zero attached hydrogens (tertiary/aromatic N) is 2. The maximum atomic E-state index is 14.8. The zero-order valence-electron chi connectivity index (χ0n) is 29.4. The number of carbonyl (C=O) groups excluding carboxylic acids is 4. The normalized spacial score (nSPS) is 25.4. The molecule has 4 rings (SSSR count). The Kier molecular flexibility index (Phi) is 11.9. The van der Waals surface area contributed by atoms with Crippen LogP contribution in [0.3, 0.4) is 0 Å². The van der Waals surface area contributed by atoms with Gasteiger partial charge < -0.3 is 29.7 Å². The van der Waals surface area contributed by atoms with Crippen molar-refractivity contribution in [1.82, 2.24) is 15.1 Å². The van der Waals surface area contributed by atoms with Gasteiger partial charge in [-0.05, 0) is 63.4 Å². The zero-order valence-corrected chi connectivity index (χ0v) is 29.4. The highest BCUT2D eigenvalue weighted by molar-refractivity contribution is 5.98. The third-order valence-electron chi connectivity index (χ3n) is 9.87. The summed E-state index contributed by atoms with van der Waals surface area (Å²) in [4.78, 5) is 59.3. The van der Waals surface area contributed by atoms with Gasteiger partial charge in [0.2, 0.25) is 17.7 Å². The molecule has 6 atom stereocenters. The van der Waals surface area contributed by atoms with E-state index in [1.54, 1.807) is 17.1 Å². The Morgan fingerprint density at radius 1 is 1.15 bits per heavy atom. The Morgan fingerprint density at radius 3 is 2.48 bits per heavy atom. The molecule has 0 aromatic heterocycles. The number of aliphatic hydroxyl groups excluding tert-OH is 1. The highest BCUT2D eigenvalue weighted by Gasteiger charge is 2.75. The second-order valence-electron chi connectivity index (χ2n) is 15.3. The Balaban J connectivity index is 1.66. The first-order valence-electron chi connectivity index (χ1n) is 17.4. The van der Waals surface area contributed by atoms with Gasteiger partial charge in [-0.25, -0.2) is 0 Å². The minimum absolute atomic E-state index is 0.0328. The van der Waals surface area contributed by atoms with Crippen molar-refractivity contribution in [1.29, 1.82) is 0 Å². The molecule has 3 saturated heterocycles. The second-order valence-corrected chi connectivity index (χ2v) is 15.3. The summed E-state index contributed by atoms with van der Waals surface area (Å²) in [5.41, 5.74) is -1.11. The first-order chi connectivity index (χ1) is 22.7. The molecule has 1 aromatic carbocycles.